The molecule has 2 aromatic heterocycles. The summed E-state index contributed by atoms with van der Waals surface area (Å²) in [4.78, 5) is 20.8. The molecule has 0 bridgehead atoms. The number of benzene rings is 2. The minimum Gasteiger partial charge on any atom is -0.451 e. The fourth-order valence-corrected chi connectivity index (χ4v) is 3.82. The molecule has 0 saturated heterocycles. The summed E-state index contributed by atoms with van der Waals surface area (Å²) in [7, 11) is 0. The van der Waals surface area contributed by atoms with E-state index in [9.17, 15) is 4.79 Å². The molecule has 4 aromatic rings. The van der Waals surface area contributed by atoms with Gasteiger partial charge >= 0.3 is 0 Å². The summed E-state index contributed by atoms with van der Waals surface area (Å²) < 4.78 is 5.85. The zero-order chi connectivity index (χ0) is 18.1. The Kier molecular flexibility index (Phi) is 4.72. The Bertz CT molecular complexity index is 1110. The third-order valence-corrected chi connectivity index (χ3v) is 5.02. The monoisotopic (exact) mass is 403 g/mol. The van der Waals surface area contributed by atoms with Gasteiger partial charge in [0.25, 0.3) is 0 Å². The average Bonchev–Trinajstić information content (AvgIpc) is 2.98. The molecule has 0 aliphatic rings. The van der Waals surface area contributed by atoms with Crippen molar-refractivity contribution in [1.82, 2.24) is 9.97 Å². The molecule has 2 heterocycles. The van der Waals surface area contributed by atoms with Crippen LogP contribution >= 0.6 is 35.0 Å². The van der Waals surface area contributed by atoms with Crippen molar-refractivity contribution in [2.45, 2.75) is 5.03 Å². The van der Waals surface area contributed by atoms with Gasteiger partial charge in [-0.25, -0.2) is 9.97 Å². The first kappa shape index (κ1) is 17.1. The Morgan fingerprint density at radius 1 is 1.12 bits per heavy atom. The van der Waals surface area contributed by atoms with Crippen molar-refractivity contribution < 1.29 is 9.21 Å². The maximum atomic E-state index is 12.2. The summed E-state index contributed by atoms with van der Waals surface area (Å²) in [6.45, 7) is 0. The van der Waals surface area contributed by atoms with Crippen molar-refractivity contribution in [2.75, 3.05) is 11.1 Å². The fourth-order valence-electron chi connectivity index (χ4n) is 2.56. The highest BCUT2D eigenvalue weighted by Crippen LogP contribution is 2.32. The minimum atomic E-state index is -0.198. The molecule has 1 N–H and O–H groups in total. The van der Waals surface area contributed by atoms with Gasteiger partial charge in [-0.15, -0.1) is 0 Å². The molecule has 0 aliphatic carbocycles. The van der Waals surface area contributed by atoms with Gasteiger partial charge in [-0.1, -0.05) is 47.1 Å². The predicted molar refractivity (Wildman–Crippen MR) is 105 cm³/mol. The standard InChI is InChI=1S/C18H11Cl2N3O2S/c19-10-5-11(20)7-12(6-10)23-15(24)8-26-18-17-16(21-9-22-18)13-3-1-2-4-14(13)25-17/h1-7,9H,8H2,(H,23,24). The molecule has 4 rings (SSSR count). The van der Waals surface area contributed by atoms with Gasteiger partial charge in [0.2, 0.25) is 5.91 Å². The van der Waals surface area contributed by atoms with Crippen LogP contribution in [0.1, 0.15) is 0 Å². The normalized spacial score (nSPS) is 11.2. The van der Waals surface area contributed by atoms with Crippen molar-refractivity contribution in [1.29, 1.82) is 0 Å². The first-order valence-electron chi connectivity index (χ1n) is 7.61. The minimum absolute atomic E-state index is 0.160. The van der Waals surface area contributed by atoms with Crippen LogP contribution in [-0.2, 0) is 4.79 Å². The fraction of sp³-hybridized carbons (Fsp3) is 0.0556. The highest BCUT2D eigenvalue weighted by atomic mass is 35.5. The number of amides is 1. The van der Waals surface area contributed by atoms with E-state index in [1.54, 1.807) is 18.2 Å². The van der Waals surface area contributed by atoms with E-state index in [1.165, 1.54) is 18.1 Å². The van der Waals surface area contributed by atoms with Crippen LogP contribution in [0.3, 0.4) is 0 Å². The van der Waals surface area contributed by atoms with Crippen LogP contribution in [-0.4, -0.2) is 21.6 Å². The third kappa shape index (κ3) is 3.49. The molecule has 130 valence electrons. The van der Waals surface area contributed by atoms with Crippen molar-refractivity contribution in [2.24, 2.45) is 0 Å². The second-order valence-corrected chi connectivity index (χ2v) is 7.29. The number of aromatic nitrogens is 2. The molecule has 0 atom stereocenters. The molecule has 0 aliphatic heterocycles. The van der Waals surface area contributed by atoms with E-state index in [-0.39, 0.29) is 11.7 Å². The molecule has 2 aromatic carbocycles. The third-order valence-electron chi connectivity index (χ3n) is 3.61. The van der Waals surface area contributed by atoms with Crippen molar-refractivity contribution in [3.05, 3.63) is 58.8 Å². The number of nitrogens with one attached hydrogen (secondary N) is 1. The van der Waals surface area contributed by atoms with E-state index >= 15 is 0 Å². The van der Waals surface area contributed by atoms with E-state index in [1.807, 2.05) is 24.3 Å². The Hall–Kier alpha value is -2.28. The number of anilines is 1. The SMILES string of the molecule is O=C(CSc1ncnc2c1oc1ccccc12)Nc1cc(Cl)cc(Cl)c1. The van der Waals surface area contributed by atoms with Crippen LogP contribution in [0.15, 0.2) is 58.2 Å². The molecule has 5 nitrogen and oxygen atoms in total. The number of carbonyl (C=O) groups excluding carboxylic acids is 1. The number of nitrogens with zero attached hydrogens (tertiary/aromatic N) is 2. The lowest BCUT2D eigenvalue weighted by molar-refractivity contribution is -0.113. The molecule has 0 spiro atoms. The van der Waals surface area contributed by atoms with Gasteiger partial charge in [0.05, 0.1) is 5.75 Å². The summed E-state index contributed by atoms with van der Waals surface area (Å²) in [6.07, 6.45) is 1.47. The second kappa shape index (κ2) is 7.15. The van der Waals surface area contributed by atoms with E-state index in [0.717, 1.165) is 16.5 Å². The van der Waals surface area contributed by atoms with Crippen molar-refractivity contribution in [3.63, 3.8) is 0 Å². The molecule has 0 radical (unpaired) electrons. The maximum Gasteiger partial charge on any atom is 0.234 e. The number of fused-ring (bicyclic) bond motifs is 3. The van der Waals surface area contributed by atoms with Gasteiger partial charge in [-0.3, -0.25) is 4.79 Å². The number of furan rings is 1. The Balaban J connectivity index is 1.53. The van der Waals surface area contributed by atoms with Crippen molar-refractivity contribution >= 4 is 68.6 Å². The number of hydrogen-bond acceptors (Lipinski definition) is 5. The van der Waals surface area contributed by atoms with E-state index < -0.39 is 0 Å². The summed E-state index contributed by atoms with van der Waals surface area (Å²) in [5.74, 6) is -0.0379. The first-order valence-corrected chi connectivity index (χ1v) is 9.35. The largest absolute Gasteiger partial charge is 0.451 e. The Morgan fingerprint density at radius 2 is 1.88 bits per heavy atom. The highest BCUT2D eigenvalue weighted by molar-refractivity contribution is 8.00. The topological polar surface area (TPSA) is 68.0 Å². The molecule has 26 heavy (non-hydrogen) atoms. The van der Waals surface area contributed by atoms with Gasteiger partial charge in [0, 0.05) is 21.1 Å². The molecular formula is C18H11Cl2N3O2S. The van der Waals surface area contributed by atoms with E-state index in [0.29, 0.717) is 26.3 Å². The van der Waals surface area contributed by atoms with Gasteiger partial charge in [0.1, 0.15) is 22.5 Å². The van der Waals surface area contributed by atoms with Crippen LogP contribution in [0, 0.1) is 0 Å². The van der Waals surface area contributed by atoms with Gasteiger partial charge in [-0.05, 0) is 30.3 Å². The van der Waals surface area contributed by atoms with Crippen LogP contribution < -0.4 is 5.32 Å². The Morgan fingerprint density at radius 3 is 2.69 bits per heavy atom. The molecule has 0 saturated carbocycles. The lowest BCUT2D eigenvalue weighted by atomic mass is 10.2. The van der Waals surface area contributed by atoms with Gasteiger partial charge in [0.15, 0.2) is 5.58 Å². The molecule has 0 unspecified atom stereocenters. The summed E-state index contributed by atoms with van der Waals surface area (Å²) in [6, 6.07) is 12.5. The van der Waals surface area contributed by atoms with Crippen LogP contribution in [0.5, 0.6) is 0 Å². The Labute approximate surface area is 162 Å². The lowest BCUT2D eigenvalue weighted by Gasteiger charge is -2.06. The zero-order valence-corrected chi connectivity index (χ0v) is 15.5. The maximum absolute atomic E-state index is 12.2. The van der Waals surface area contributed by atoms with Crippen LogP contribution in [0.2, 0.25) is 10.0 Å². The van der Waals surface area contributed by atoms with Crippen LogP contribution in [0.25, 0.3) is 22.1 Å². The quantitative estimate of drug-likeness (QED) is 0.364. The van der Waals surface area contributed by atoms with E-state index in [2.05, 4.69) is 15.3 Å². The highest BCUT2D eigenvalue weighted by Gasteiger charge is 2.14. The van der Waals surface area contributed by atoms with Crippen LogP contribution in [0.4, 0.5) is 5.69 Å². The second-order valence-electron chi connectivity index (χ2n) is 5.45. The van der Waals surface area contributed by atoms with Gasteiger partial charge < -0.3 is 9.73 Å². The number of thioether (sulfide) groups is 1. The average molecular weight is 404 g/mol. The number of carbonyl (C=O) groups is 1. The molecule has 1 amide bonds. The number of halogens is 2. The molecule has 8 heteroatoms. The predicted octanol–water partition coefficient (Wildman–Crippen LogP) is 5.41. The first-order chi connectivity index (χ1) is 12.6. The number of hydrogen-bond donors (Lipinski definition) is 1. The molecule has 0 fully saturated rings. The number of rotatable bonds is 4. The van der Waals surface area contributed by atoms with E-state index in [4.69, 9.17) is 27.6 Å². The number of para-hydroxylation sites is 1. The summed E-state index contributed by atoms with van der Waals surface area (Å²) in [5, 5.41) is 5.22. The molecular weight excluding hydrogens is 393 g/mol. The summed E-state index contributed by atoms with van der Waals surface area (Å²) >= 11 is 13.2. The zero-order valence-electron chi connectivity index (χ0n) is 13.2. The smallest absolute Gasteiger partial charge is 0.234 e. The van der Waals surface area contributed by atoms with Gasteiger partial charge in [-0.2, -0.15) is 0 Å². The van der Waals surface area contributed by atoms with Crippen molar-refractivity contribution in [3.8, 4) is 0 Å². The summed E-state index contributed by atoms with van der Waals surface area (Å²) in [5.41, 5.74) is 2.60. The lowest BCUT2D eigenvalue weighted by Crippen LogP contribution is -2.14.